The summed E-state index contributed by atoms with van der Waals surface area (Å²) in [6.07, 6.45) is 2.20. The fourth-order valence-corrected chi connectivity index (χ4v) is 4.19. The molecule has 1 aliphatic rings. The highest BCUT2D eigenvalue weighted by atomic mass is 16.5. The fraction of sp³-hybridized carbons (Fsp3) is 0.450. The molecule has 0 unspecified atom stereocenters. The van der Waals surface area contributed by atoms with Crippen LogP contribution in [0.5, 0.6) is 0 Å². The van der Waals surface area contributed by atoms with E-state index >= 15 is 0 Å². The van der Waals surface area contributed by atoms with Crippen LogP contribution >= 0.6 is 0 Å². The SMILES string of the molecule is CC1(C)CC(=O)CC(C)(C)N1C(=O)COC(=O)c1c[nH]c2ccccc12. The molecular weight excluding hydrogens is 332 g/mol. The lowest BCUT2D eigenvalue weighted by atomic mass is 9.79. The smallest absolute Gasteiger partial charge is 0.340 e. The van der Waals surface area contributed by atoms with Crippen molar-refractivity contribution in [2.24, 2.45) is 0 Å². The summed E-state index contributed by atoms with van der Waals surface area (Å²) in [5, 5.41) is 0.758. The van der Waals surface area contributed by atoms with Gasteiger partial charge in [0.2, 0.25) is 0 Å². The third-order valence-corrected chi connectivity index (χ3v) is 4.86. The maximum absolute atomic E-state index is 12.8. The lowest BCUT2D eigenvalue weighted by Crippen LogP contribution is -2.63. The van der Waals surface area contributed by atoms with Crippen LogP contribution in [-0.2, 0) is 14.3 Å². The second-order valence-corrected chi connectivity index (χ2v) is 8.07. The fourth-order valence-electron chi connectivity index (χ4n) is 4.19. The molecule has 6 nitrogen and oxygen atoms in total. The van der Waals surface area contributed by atoms with Crippen LogP contribution < -0.4 is 0 Å². The first kappa shape index (κ1) is 18.2. The van der Waals surface area contributed by atoms with E-state index in [1.807, 2.05) is 52.0 Å². The zero-order valence-corrected chi connectivity index (χ0v) is 15.6. The highest BCUT2D eigenvalue weighted by Crippen LogP contribution is 2.36. The van der Waals surface area contributed by atoms with E-state index in [1.54, 1.807) is 11.1 Å². The van der Waals surface area contributed by atoms with E-state index < -0.39 is 17.0 Å². The van der Waals surface area contributed by atoms with E-state index in [0.717, 1.165) is 10.9 Å². The predicted molar refractivity (Wildman–Crippen MR) is 97.8 cm³/mol. The number of nitrogens with one attached hydrogen (secondary N) is 1. The molecule has 1 aliphatic heterocycles. The molecule has 2 aromatic rings. The number of Topliss-reactive ketones (excluding diaryl/α,β-unsaturated/α-hetero) is 1. The molecule has 1 aromatic carbocycles. The number of ether oxygens (including phenoxy) is 1. The number of nitrogens with zero attached hydrogens (tertiary/aromatic N) is 1. The molecule has 2 heterocycles. The Labute approximate surface area is 152 Å². The summed E-state index contributed by atoms with van der Waals surface area (Å²) in [5.41, 5.74) is 0.0231. The second-order valence-electron chi connectivity index (χ2n) is 8.07. The predicted octanol–water partition coefficient (Wildman–Crippen LogP) is 3.07. The quantitative estimate of drug-likeness (QED) is 0.857. The number of aromatic nitrogens is 1. The molecule has 1 N–H and O–H groups in total. The number of ketones is 1. The molecule has 0 radical (unpaired) electrons. The van der Waals surface area contributed by atoms with Gasteiger partial charge in [-0.1, -0.05) is 18.2 Å². The van der Waals surface area contributed by atoms with Gasteiger partial charge < -0.3 is 14.6 Å². The van der Waals surface area contributed by atoms with Crippen LogP contribution in [0.25, 0.3) is 10.9 Å². The number of fused-ring (bicyclic) bond motifs is 1. The minimum absolute atomic E-state index is 0.139. The highest BCUT2D eigenvalue weighted by molar-refractivity contribution is 6.04. The minimum Gasteiger partial charge on any atom is -0.452 e. The molecule has 1 aromatic heterocycles. The average Bonchev–Trinajstić information content (AvgIpc) is 2.93. The molecule has 0 aliphatic carbocycles. The molecule has 1 saturated heterocycles. The van der Waals surface area contributed by atoms with Gasteiger partial charge in [0.15, 0.2) is 6.61 Å². The monoisotopic (exact) mass is 356 g/mol. The lowest BCUT2D eigenvalue weighted by molar-refractivity contribution is -0.156. The number of H-pyrrole nitrogens is 1. The number of amides is 1. The number of carbonyl (C=O) groups is 3. The van der Waals surface area contributed by atoms with Crippen LogP contribution in [0.3, 0.4) is 0 Å². The van der Waals surface area contributed by atoms with Crippen molar-refractivity contribution in [3.8, 4) is 0 Å². The maximum Gasteiger partial charge on any atom is 0.340 e. The van der Waals surface area contributed by atoms with Crippen molar-refractivity contribution in [2.45, 2.75) is 51.6 Å². The van der Waals surface area contributed by atoms with Gasteiger partial charge in [-0.05, 0) is 33.8 Å². The number of carbonyl (C=O) groups excluding carboxylic acids is 3. The van der Waals surface area contributed by atoms with E-state index in [1.165, 1.54) is 0 Å². The largest absolute Gasteiger partial charge is 0.452 e. The first-order chi connectivity index (χ1) is 12.1. The summed E-state index contributed by atoms with van der Waals surface area (Å²) >= 11 is 0. The highest BCUT2D eigenvalue weighted by Gasteiger charge is 2.47. The first-order valence-corrected chi connectivity index (χ1v) is 8.70. The van der Waals surface area contributed by atoms with Gasteiger partial charge in [0.25, 0.3) is 5.91 Å². The number of hydrogen-bond donors (Lipinski definition) is 1. The van der Waals surface area contributed by atoms with E-state index in [2.05, 4.69) is 4.98 Å². The van der Waals surface area contributed by atoms with Gasteiger partial charge in [0.05, 0.1) is 5.56 Å². The number of likely N-dealkylation sites (tertiary alicyclic amines) is 1. The first-order valence-electron chi connectivity index (χ1n) is 8.70. The number of piperidine rings is 1. The number of benzene rings is 1. The van der Waals surface area contributed by atoms with Gasteiger partial charge in [-0.15, -0.1) is 0 Å². The molecule has 0 atom stereocenters. The standard InChI is InChI=1S/C20H24N2O4/c1-19(2)9-13(23)10-20(3,4)22(19)17(24)12-26-18(25)15-11-21-16-8-6-5-7-14(15)16/h5-8,11,21H,9-10,12H2,1-4H3. The van der Waals surface area contributed by atoms with Crippen LogP contribution in [0.4, 0.5) is 0 Å². The van der Waals surface area contributed by atoms with E-state index in [4.69, 9.17) is 4.74 Å². The van der Waals surface area contributed by atoms with Gasteiger partial charge >= 0.3 is 5.97 Å². The topological polar surface area (TPSA) is 79.5 Å². The summed E-state index contributed by atoms with van der Waals surface area (Å²) in [6.45, 7) is 7.12. The molecule has 138 valence electrons. The van der Waals surface area contributed by atoms with Gasteiger partial charge in [-0.3, -0.25) is 9.59 Å². The Morgan fingerprint density at radius 2 is 1.73 bits per heavy atom. The summed E-state index contributed by atoms with van der Waals surface area (Å²) in [4.78, 5) is 41.9. The van der Waals surface area contributed by atoms with E-state index in [0.29, 0.717) is 18.4 Å². The van der Waals surface area contributed by atoms with Gasteiger partial charge in [-0.2, -0.15) is 0 Å². The lowest BCUT2D eigenvalue weighted by Gasteiger charge is -2.51. The third-order valence-electron chi connectivity index (χ3n) is 4.86. The van der Waals surface area contributed by atoms with Crippen LogP contribution in [0.1, 0.15) is 50.9 Å². The maximum atomic E-state index is 12.8. The Bertz CT molecular complexity index is 859. The van der Waals surface area contributed by atoms with Crippen molar-refractivity contribution in [3.63, 3.8) is 0 Å². The molecule has 3 rings (SSSR count). The summed E-state index contributed by atoms with van der Waals surface area (Å²) in [7, 11) is 0. The van der Waals surface area contributed by atoms with Crippen molar-refractivity contribution < 1.29 is 19.1 Å². The second kappa shape index (κ2) is 6.27. The molecule has 1 fully saturated rings. The van der Waals surface area contributed by atoms with Crippen molar-refractivity contribution in [1.82, 2.24) is 9.88 Å². The Morgan fingerprint density at radius 1 is 1.12 bits per heavy atom. The zero-order chi connectivity index (χ0) is 19.1. The Balaban J connectivity index is 1.73. The number of rotatable bonds is 3. The summed E-state index contributed by atoms with van der Waals surface area (Å²) in [6, 6.07) is 7.41. The molecule has 0 bridgehead atoms. The molecule has 0 spiro atoms. The van der Waals surface area contributed by atoms with Crippen LogP contribution in [-0.4, -0.2) is 45.2 Å². The Kier molecular flexibility index (Phi) is 4.38. The van der Waals surface area contributed by atoms with E-state index in [-0.39, 0.29) is 18.3 Å². The summed E-state index contributed by atoms with van der Waals surface area (Å²) in [5.74, 6) is -0.694. The van der Waals surface area contributed by atoms with Crippen LogP contribution in [0.15, 0.2) is 30.5 Å². The van der Waals surface area contributed by atoms with Crippen molar-refractivity contribution >= 4 is 28.6 Å². The Hall–Kier alpha value is -2.63. The van der Waals surface area contributed by atoms with Gasteiger partial charge in [0, 0.05) is 41.0 Å². The molecular formula is C20H24N2O4. The zero-order valence-electron chi connectivity index (χ0n) is 15.6. The summed E-state index contributed by atoms with van der Waals surface area (Å²) < 4.78 is 5.29. The molecule has 0 saturated carbocycles. The number of aromatic amines is 1. The molecule has 26 heavy (non-hydrogen) atoms. The van der Waals surface area contributed by atoms with E-state index in [9.17, 15) is 14.4 Å². The number of para-hydroxylation sites is 1. The van der Waals surface area contributed by atoms with Crippen molar-refractivity contribution in [2.75, 3.05) is 6.61 Å². The normalized spacial score (nSPS) is 18.8. The van der Waals surface area contributed by atoms with Crippen LogP contribution in [0, 0.1) is 0 Å². The van der Waals surface area contributed by atoms with Gasteiger partial charge in [-0.25, -0.2) is 4.79 Å². The minimum atomic E-state index is -0.608. The number of esters is 1. The Morgan fingerprint density at radius 3 is 2.38 bits per heavy atom. The van der Waals surface area contributed by atoms with Gasteiger partial charge in [0.1, 0.15) is 5.78 Å². The average molecular weight is 356 g/mol. The van der Waals surface area contributed by atoms with Crippen LogP contribution in [0.2, 0.25) is 0 Å². The molecule has 6 heteroatoms. The van der Waals surface area contributed by atoms with Crippen molar-refractivity contribution in [3.05, 3.63) is 36.0 Å². The molecule has 1 amide bonds. The van der Waals surface area contributed by atoms with Crippen molar-refractivity contribution in [1.29, 1.82) is 0 Å². The number of hydrogen-bond acceptors (Lipinski definition) is 4. The third kappa shape index (κ3) is 3.23.